The van der Waals surface area contributed by atoms with E-state index in [0.29, 0.717) is 6.61 Å². The molecule has 2 atom stereocenters. The van der Waals surface area contributed by atoms with Gasteiger partial charge in [-0.15, -0.1) is 0 Å². The fourth-order valence-electron chi connectivity index (χ4n) is 1.41. The molecule has 2 aliphatic heterocycles. The summed E-state index contributed by atoms with van der Waals surface area (Å²) in [6.45, 7) is 2.07. The second kappa shape index (κ2) is 1.94. The first kappa shape index (κ1) is 6.60. The average molecular weight is 156 g/mol. The van der Waals surface area contributed by atoms with Crippen molar-refractivity contribution < 1.29 is 14.3 Å². The molecule has 0 spiro atoms. The predicted octanol–water partition coefficient (Wildman–Crippen LogP) is -0.717. The third-order valence-corrected chi connectivity index (χ3v) is 1.99. The van der Waals surface area contributed by atoms with E-state index < -0.39 is 6.04 Å². The predicted molar refractivity (Wildman–Crippen MR) is 34.6 cm³/mol. The molecule has 2 heterocycles. The molecular formula is C6H8N2O3. The largest absolute Gasteiger partial charge is 0.356 e. The van der Waals surface area contributed by atoms with E-state index in [0.717, 1.165) is 0 Å². The van der Waals surface area contributed by atoms with E-state index in [9.17, 15) is 9.59 Å². The summed E-state index contributed by atoms with van der Waals surface area (Å²) in [6, 6.07) is -0.734. The van der Waals surface area contributed by atoms with Crippen molar-refractivity contribution in [3.8, 4) is 0 Å². The van der Waals surface area contributed by atoms with E-state index in [2.05, 4.69) is 5.32 Å². The molecule has 11 heavy (non-hydrogen) atoms. The third kappa shape index (κ3) is 0.742. The molecule has 5 nitrogen and oxygen atoms in total. The lowest BCUT2D eigenvalue weighted by molar-refractivity contribution is -0.120. The topological polar surface area (TPSA) is 58.6 Å². The molecule has 2 saturated heterocycles. The highest BCUT2D eigenvalue weighted by Crippen LogP contribution is 2.20. The second-order valence-electron chi connectivity index (χ2n) is 2.65. The highest BCUT2D eigenvalue weighted by atomic mass is 16.5. The fraction of sp³-hybridized carbons (Fsp3) is 0.667. The van der Waals surface area contributed by atoms with Gasteiger partial charge >= 0.3 is 6.03 Å². The van der Waals surface area contributed by atoms with Gasteiger partial charge in [-0.25, -0.2) is 4.79 Å². The number of hydrogen-bond donors (Lipinski definition) is 1. The Morgan fingerprint density at radius 2 is 2.36 bits per heavy atom. The van der Waals surface area contributed by atoms with Crippen LogP contribution in [0.3, 0.4) is 0 Å². The minimum atomic E-state index is -0.391. The van der Waals surface area contributed by atoms with Crippen molar-refractivity contribution in [2.45, 2.75) is 19.2 Å². The van der Waals surface area contributed by atoms with E-state index in [-0.39, 0.29) is 18.2 Å². The number of rotatable bonds is 0. The van der Waals surface area contributed by atoms with Crippen LogP contribution in [0.4, 0.5) is 4.79 Å². The maximum absolute atomic E-state index is 11.0. The summed E-state index contributed by atoms with van der Waals surface area (Å²) in [5.41, 5.74) is 0. The molecule has 1 N–H and O–H groups in total. The van der Waals surface area contributed by atoms with Crippen LogP contribution in [-0.4, -0.2) is 35.7 Å². The minimum absolute atomic E-state index is 0.251. The summed E-state index contributed by atoms with van der Waals surface area (Å²) in [6.07, 6.45) is -0.272. The van der Waals surface area contributed by atoms with Crippen LogP contribution < -0.4 is 5.32 Å². The Hall–Kier alpha value is -1.10. The van der Waals surface area contributed by atoms with Gasteiger partial charge in [0.25, 0.3) is 5.91 Å². The lowest BCUT2D eigenvalue weighted by atomic mass is 10.3. The summed E-state index contributed by atoms with van der Waals surface area (Å²) in [7, 11) is 0. The summed E-state index contributed by atoms with van der Waals surface area (Å²) in [4.78, 5) is 23.4. The summed E-state index contributed by atoms with van der Waals surface area (Å²) in [5, 5.41) is 2.22. The molecule has 0 bridgehead atoms. The van der Waals surface area contributed by atoms with E-state index >= 15 is 0 Å². The quantitative estimate of drug-likeness (QED) is 0.471. The van der Waals surface area contributed by atoms with Crippen molar-refractivity contribution in [3.63, 3.8) is 0 Å². The fourth-order valence-corrected chi connectivity index (χ4v) is 1.41. The zero-order valence-electron chi connectivity index (χ0n) is 6.03. The summed E-state index contributed by atoms with van der Waals surface area (Å²) < 4.78 is 5.10. The van der Waals surface area contributed by atoms with Crippen molar-refractivity contribution in [2.24, 2.45) is 0 Å². The number of carbonyl (C=O) groups excluding carboxylic acids is 2. The van der Waals surface area contributed by atoms with E-state index in [4.69, 9.17) is 4.74 Å². The van der Waals surface area contributed by atoms with E-state index in [1.165, 1.54) is 4.90 Å². The van der Waals surface area contributed by atoms with Crippen molar-refractivity contribution >= 4 is 11.9 Å². The van der Waals surface area contributed by atoms with Crippen molar-refractivity contribution in [3.05, 3.63) is 0 Å². The minimum Gasteiger partial charge on any atom is -0.356 e. The zero-order valence-corrected chi connectivity index (χ0v) is 6.03. The molecule has 5 heteroatoms. The van der Waals surface area contributed by atoms with Gasteiger partial charge in [-0.2, -0.15) is 0 Å². The SMILES string of the molecule is CC1OC[C@@H]2C(=O)NC(=O)N12. The normalized spacial score (nSPS) is 35.9. The molecule has 0 aliphatic carbocycles. The van der Waals surface area contributed by atoms with Crippen molar-refractivity contribution in [1.82, 2.24) is 10.2 Å². The van der Waals surface area contributed by atoms with Crippen molar-refractivity contribution in [2.75, 3.05) is 6.61 Å². The van der Waals surface area contributed by atoms with E-state index in [1.807, 2.05) is 0 Å². The number of urea groups is 1. The molecule has 2 fully saturated rings. The molecular weight excluding hydrogens is 148 g/mol. The number of nitrogens with zero attached hydrogens (tertiary/aromatic N) is 1. The number of carbonyl (C=O) groups is 2. The lowest BCUT2D eigenvalue weighted by Gasteiger charge is -2.14. The Morgan fingerprint density at radius 3 is 3.00 bits per heavy atom. The summed E-state index contributed by atoms with van der Waals surface area (Å²) >= 11 is 0. The number of ether oxygens (including phenoxy) is 1. The molecule has 0 radical (unpaired) electrons. The van der Waals surface area contributed by atoms with Crippen LogP contribution >= 0.6 is 0 Å². The number of amides is 3. The molecule has 0 aromatic heterocycles. The van der Waals surface area contributed by atoms with Crippen LogP contribution in [0.25, 0.3) is 0 Å². The monoisotopic (exact) mass is 156 g/mol. The van der Waals surface area contributed by atoms with Gasteiger partial charge in [-0.05, 0) is 6.92 Å². The van der Waals surface area contributed by atoms with Gasteiger partial charge in [0.2, 0.25) is 0 Å². The van der Waals surface area contributed by atoms with Gasteiger partial charge in [-0.3, -0.25) is 15.0 Å². The molecule has 3 amide bonds. The van der Waals surface area contributed by atoms with Gasteiger partial charge in [0, 0.05) is 0 Å². The third-order valence-electron chi connectivity index (χ3n) is 1.99. The molecule has 0 aromatic carbocycles. The first-order valence-corrected chi connectivity index (χ1v) is 3.45. The number of hydrogen-bond acceptors (Lipinski definition) is 3. The van der Waals surface area contributed by atoms with Crippen LogP contribution in [-0.2, 0) is 9.53 Å². The zero-order chi connectivity index (χ0) is 8.01. The van der Waals surface area contributed by atoms with Crippen LogP contribution in [0.1, 0.15) is 6.92 Å². The second-order valence-corrected chi connectivity index (χ2v) is 2.65. The van der Waals surface area contributed by atoms with Gasteiger partial charge in [0.15, 0.2) is 0 Å². The van der Waals surface area contributed by atoms with E-state index in [1.54, 1.807) is 6.92 Å². The van der Waals surface area contributed by atoms with Crippen LogP contribution in [0.15, 0.2) is 0 Å². The Balaban J connectivity index is 2.28. The molecule has 2 rings (SSSR count). The molecule has 2 aliphatic rings. The highest BCUT2D eigenvalue weighted by Gasteiger charge is 2.46. The van der Waals surface area contributed by atoms with Gasteiger partial charge in [-0.1, -0.05) is 0 Å². The Bertz CT molecular complexity index is 228. The highest BCUT2D eigenvalue weighted by molar-refractivity contribution is 6.04. The Labute approximate surface area is 63.3 Å². The number of nitrogens with one attached hydrogen (secondary N) is 1. The van der Waals surface area contributed by atoms with Gasteiger partial charge < -0.3 is 4.74 Å². The standard InChI is InChI=1S/C6H8N2O3/c1-3-8-4(2-11-3)5(9)7-6(8)10/h3-4H,2H2,1H3,(H,7,9,10)/t3?,4-/m1/s1. The Kier molecular flexibility index (Phi) is 1.17. The van der Waals surface area contributed by atoms with Crippen LogP contribution in [0, 0.1) is 0 Å². The first-order chi connectivity index (χ1) is 5.20. The average Bonchev–Trinajstić information content (AvgIpc) is 2.41. The summed E-state index contributed by atoms with van der Waals surface area (Å²) in [5.74, 6) is -0.251. The maximum Gasteiger partial charge on any atom is 0.326 e. The van der Waals surface area contributed by atoms with Crippen molar-refractivity contribution in [1.29, 1.82) is 0 Å². The number of fused-ring (bicyclic) bond motifs is 1. The molecule has 60 valence electrons. The molecule has 0 saturated carbocycles. The van der Waals surface area contributed by atoms with Crippen LogP contribution in [0.2, 0.25) is 0 Å². The maximum atomic E-state index is 11.0. The smallest absolute Gasteiger partial charge is 0.326 e. The Morgan fingerprint density at radius 1 is 1.64 bits per heavy atom. The van der Waals surface area contributed by atoms with Gasteiger partial charge in [0.05, 0.1) is 6.61 Å². The molecule has 0 aromatic rings. The first-order valence-electron chi connectivity index (χ1n) is 3.45. The number of imide groups is 1. The van der Waals surface area contributed by atoms with Crippen LogP contribution in [0.5, 0.6) is 0 Å². The lowest BCUT2D eigenvalue weighted by Crippen LogP contribution is -2.35. The van der Waals surface area contributed by atoms with Gasteiger partial charge in [0.1, 0.15) is 12.3 Å². The molecule has 1 unspecified atom stereocenters.